The maximum Gasteiger partial charge on any atom is 0.117 e. The van der Waals surface area contributed by atoms with Gasteiger partial charge in [0.1, 0.15) is 10.0 Å². The van der Waals surface area contributed by atoms with Gasteiger partial charge in [0.2, 0.25) is 0 Å². The number of nitrogens with one attached hydrogen (secondary N) is 1. The second-order valence-electron chi connectivity index (χ2n) is 4.42. The van der Waals surface area contributed by atoms with Crippen LogP contribution in [-0.4, -0.2) is 23.3 Å². The minimum atomic E-state index is 0.682. The average Bonchev–Trinajstić information content (AvgIpc) is 2.44. The summed E-state index contributed by atoms with van der Waals surface area (Å²) in [4.78, 5) is 0. The van der Waals surface area contributed by atoms with E-state index >= 15 is 0 Å². The van der Waals surface area contributed by atoms with Crippen LogP contribution in [0.15, 0.2) is 0 Å². The molecule has 0 spiro atoms. The first-order chi connectivity index (χ1) is 6.74. The van der Waals surface area contributed by atoms with Gasteiger partial charge in [-0.25, -0.2) is 0 Å². The summed E-state index contributed by atoms with van der Waals surface area (Å²) in [6.07, 6.45) is 2.18. The van der Waals surface area contributed by atoms with Crippen molar-refractivity contribution in [2.24, 2.45) is 11.8 Å². The van der Waals surface area contributed by atoms with Crippen LogP contribution in [0.5, 0.6) is 0 Å². The smallest absolute Gasteiger partial charge is 0.117 e. The Morgan fingerprint density at radius 2 is 2.07 bits per heavy atom. The lowest BCUT2D eigenvalue weighted by Crippen LogP contribution is -2.43. The van der Waals surface area contributed by atoms with Crippen molar-refractivity contribution in [1.29, 1.82) is 0 Å². The van der Waals surface area contributed by atoms with Gasteiger partial charge in [-0.2, -0.15) is 0 Å². The molecule has 2 rings (SSSR count). The van der Waals surface area contributed by atoms with E-state index in [1.807, 2.05) is 0 Å². The first kappa shape index (κ1) is 10.1. The minimum Gasteiger partial charge on any atom is -0.316 e. The van der Waals surface area contributed by atoms with Crippen LogP contribution in [0.3, 0.4) is 0 Å². The molecule has 78 valence electrons. The summed E-state index contributed by atoms with van der Waals surface area (Å²) in [5, 5.41) is 14.1. The second-order valence-corrected chi connectivity index (χ2v) is 5.56. The molecular formula is C10H17N3S. The Morgan fingerprint density at radius 3 is 2.64 bits per heavy atom. The summed E-state index contributed by atoms with van der Waals surface area (Å²) in [7, 11) is 0. The lowest BCUT2D eigenvalue weighted by atomic mass is 10.0. The molecule has 2 heterocycles. The van der Waals surface area contributed by atoms with Crippen molar-refractivity contribution in [2.75, 3.05) is 13.1 Å². The molecule has 0 atom stereocenters. The van der Waals surface area contributed by atoms with E-state index in [2.05, 4.69) is 29.4 Å². The highest BCUT2D eigenvalue weighted by Crippen LogP contribution is 2.18. The van der Waals surface area contributed by atoms with E-state index in [1.165, 1.54) is 10.0 Å². The van der Waals surface area contributed by atoms with Crippen LogP contribution in [-0.2, 0) is 12.8 Å². The number of aromatic nitrogens is 2. The van der Waals surface area contributed by atoms with Crippen LogP contribution < -0.4 is 5.32 Å². The van der Waals surface area contributed by atoms with Gasteiger partial charge in [0.25, 0.3) is 0 Å². The van der Waals surface area contributed by atoms with Crippen LogP contribution in [0.25, 0.3) is 0 Å². The molecule has 1 aromatic heterocycles. The fourth-order valence-corrected chi connectivity index (χ4v) is 2.71. The summed E-state index contributed by atoms with van der Waals surface area (Å²) in [5.41, 5.74) is 0. The molecule has 1 fully saturated rings. The van der Waals surface area contributed by atoms with Gasteiger partial charge in [0.15, 0.2) is 0 Å². The van der Waals surface area contributed by atoms with Crippen LogP contribution >= 0.6 is 11.3 Å². The molecule has 0 saturated carbocycles. The molecule has 0 aliphatic carbocycles. The van der Waals surface area contributed by atoms with Crippen LogP contribution in [0.2, 0.25) is 0 Å². The molecule has 0 amide bonds. The summed E-state index contributed by atoms with van der Waals surface area (Å²) in [5.74, 6) is 1.48. The second kappa shape index (κ2) is 4.36. The summed E-state index contributed by atoms with van der Waals surface area (Å²) < 4.78 is 0. The molecule has 1 aromatic rings. The van der Waals surface area contributed by atoms with Crippen molar-refractivity contribution >= 4 is 11.3 Å². The lowest BCUT2D eigenvalue weighted by Gasteiger charge is -2.25. The maximum atomic E-state index is 4.23. The largest absolute Gasteiger partial charge is 0.316 e. The lowest BCUT2D eigenvalue weighted by molar-refractivity contribution is 0.345. The molecule has 3 nitrogen and oxygen atoms in total. The summed E-state index contributed by atoms with van der Waals surface area (Å²) in [6, 6.07) is 0. The summed E-state index contributed by atoms with van der Waals surface area (Å²) in [6.45, 7) is 6.74. The van der Waals surface area contributed by atoms with Crippen molar-refractivity contribution in [3.05, 3.63) is 10.0 Å². The average molecular weight is 211 g/mol. The Balaban J connectivity index is 1.88. The van der Waals surface area contributed by atoms with Gasteiger partial charge in [0.05, 0.1) is 0 Å². The van der Waals surface area contributed by atoms with E-state index in [9.17, 15) is 0 Å². The Hall–Kier alpha value is -0.480. The molecule has 4 heteroatoms. The van der Waals surface area contributed by atoms with E-state index in [0.717, 1.165) is 31.8 Å². The minimum absolute atomic E-state index is 0.682. The van der Waals surface area contributed by atoms with Crippen molar-refractivity contribution in [3.8, 4) is 0 Å². The number of hydrogen-bond donors (Lipinski definition) is 1. The molecule has 1 aliphatic heterocycles. The highest BCUT2D eigenvalue weighted by atomic mass is 32.1. The van der Waals surface area contributed by atoms with Gasteiger partial charge < -0.3 is 5.32 Å². The maximum absolute atomic E-state index is 4.23. The first-order valence-electron chi connectivity index (χ1n) is 5.26. The van der Waals surface area contributed by atoms with Gasteiger partial charge in [-0.05, 0) is 24.9 Å². The molecular weight excluding hydrogens is 194 g/mol. The first-order valence-corrected chi connectivity index (χ1v) is 6.07. The molecule has 0 aromatic carbocycles. The Labute approximate surface area is 88.9 Å². The fourth-order valence-electron chi connectivity index (χ4n) is 1.54. The highest BCUT2D eigenvalue weighted by Gasteiger charge is 2.19. The van der Waals surface area contributed by atoms with Crippen molar-refractivity contribution < 1.29 is 0 Å². The van der Waals surface area contributed by atoms with Crippen LogP contribution in [0, 0.1) is 11.8 Å². The quantitative estimate of drug-likeness (QED) is 0.820. The molecule has 0 radical (unpaired) electrons. The normalized spacial score (nSPS) is 17.4. The monoisotopic (exact) mass is 211 g/mol. The van der Waals surface area contributed by atoms with E-state index in [4.69, 9.17) is 0 Å². The molecule has 0 bridgehead atoms. The van der Waals surface area contributed by atoms with E-state index in [1.54, 1.807) is 11.3 Å². The third-order valence-electron chi connectivity index (χ3n) is 2.42. The predicted octanol–water partition coefficient (Wildman–Crippen LogP) is 1.50. The zero-order chi connectivity index (χ0) is 9.97. The Morgan fingerprint density at radius 1 is 1.36 bits per heavy atom. The van der Waals surface area contributed by atoms with Gasteiger partial charge >= 0.3 is 0 Å². The molecule has 1 aliphatic rings. The zero-order valence-electron chi connectivity index (χ0n) is 8.79. The topological polar surface area (TPSA) is 37.8 Å². The van der Waals surface area contributed by atoms with E-state index < -0.39 is 0 Å². The van der Waals surface area contributed by atoms with Crippen LogP contribution in [0.1, 0.15) is 23.9 Å². The number of hydrogen-bond acceptors (Lipinski definition) is 4. The summed E-state index contributed by atoms with van der Waals surface area (Å²) >= 11 is 1.79. The Bertz CT molecular complexity index is 291. The third-order valence-corrected chi connectivity index (χ3v) is 3.39. The standard InChI is InChI=1S/C10H17N3S/c1-7(2)3-9-12-13-10(14-9)4-8-5-11-6-8/h7-8,11H,3-6H2,1-2H3. The van der Waals surface area contributed by atoms with Crippen molar-refractivity contribution in [3.63, 3.8) is 0 Å². The fraction of sp³-hybridized carbons (Fsp3) is 0.800. The van der Waals surface area contributed by atoms with E-state index in [0.29, 0.717) is 5.92 Å². The van der Waals surface area contributed by atoms with Crippen molar-refractivity contribution in [1.82, 2.24) is 15.5 Å². The molecule has 1 N–H and O–H groups in total. The van der Waals surface area contributed by atoms with Gasteiger partial charge in [-0.3, -0.25) is 0 Å². The number of rotatable bonds is 4. The third kappa shape index (κ3) is 2.51. The predicted molar refractivity (Wildman–Crippen MR) is 58.5 cm³/mol. The Kier molecular flexibility index (Phi) is 3.13. The van der Waals surface area contributed by atoms with Gasteiger partial charge in [-0.1, -0.05) is 13.8 Å². The highest BCUT2D eigenvalue weighted by molar-refractivity contribution is 7.11. The van der Waals surface area contributed by atoms with Crippen molar-refractivity contribution in [2.45, 2.75) is 26.7 Å². The van der Waals surface area contributed by atoms with E-state index in [-0.39, 0.29) is 0 Å². The number of nitrogens with zero attached hydrogens (tertiary/aromatic N) is 2. The molecule has 14 heavy (non-hydrogen) atoms. The van der Waals surface area contributed by atoms with Gasteiger partial charge in [-0.15, -0.1) is 21.5 Å². The molecule has 1 saturated heterocycles. The zero-order valence-corrected chi connectivity index (χ0v) is 9.60. The van der Waals surface area contributed by atoms with Crippen LogP contribution in [0.4, 0.5) is 0 Å². The molecule has 0 unspecified atom stereocenters. The SMILES string of the molecule is CC(C)Cc1nnc(CC2CNC2)s1. The van der Waals surface area contributed by atoms with Gasteiger partial charge in [0, 0.05) is 12.8 Å².